The number of aryl methyl sites for hydroxylation is 1. The zero-order valence-electron chi connectivity index (χ0n) is 15.9. The Morgan fingerprint density at radius 2 is 1.90 bits per heavy atom. The Morgan fingerprint density at radius 1 is 1.20 bits per heavy atom. The number of halogens is 1. The lowest BCUT2D eigenvalue weighted by molar-refractivity contribution is -0.146. The highest BCUT2D eigenvalue weighted by Crippen LogP contribution is 2.20. The maximum atomic E-state index is 11.9. The fourth-order valence-electron chi connectivity index (χ4n) is 2.13. The molecule has 0 saturated heterocycles. The quantitative estimate of drug-likeness (QED) is 0.599. The fourth-order valence-corrected chi connectivity index (χ4v) is 3.11. The molecule has 0 spiro atoms. The number of ether oxygens (including phenoxy) is 1. The van der Waals surface area contributed by atoms with Crippen LogP contribution in [0.1, 0.15) is 16.7 Å². The van der Waals surface area contributed by atoms with Gasteiger partial charge in [0.25, 0.3) is 5.91 Å². The van der Waals surface area contributed by atoms with Crippen LogP contribution in [0, 0.1) is 18.3 Å². The van der Waals surface area contributed by atoms with Crippen LogP contribution in [0.25, 0.3) is 6.08 Å². The summed E-state index contributed by atoms with van der Waals surface area (Å²) in [6.45, 7) is 0.672. The summed E-state index contributed by atoms with van der Waals surface area (Å²) >= 11 is 5.87. The van der Waals surface area contributed by atoms with Gasteiger partial charge in [-0.2, -0.15) is 5.26 Å². The van der Waals surface area contributed by atoms with Crippen molar-refractivity contribution < 1.29 is 22.7 Å². The van der Waals surface area contributed by atoms with E-state index in [0.717, 1.165) is 11.0 Å². The van der Waals surface area contributed by atoms with Crippen LogP contribution in [-0.2, 0) is 24.3 Å². The number of nitrogens with zero attached hydrogens (tertiary/aromatic N) is 1. The van der Waals surface area contributed by atoms with Crippen molar-refractivity contribution in [3.8, 4) is 6.07 Å². The SMILES string of the molecule is Cc1ccc(/C=C/S(=O)(=O)NCC(=O)OCC(=O)Nc2ccc(C#N)c(Cl)c2)cc1. The Balaban J connectivity index is 1.78. The second-order valence-corrected chi connectivity index (χ2v) is 8.15. The third-order valence-corrected chi connectivity index (χ3v) is 5.03. The van der Waals surface area contributed by atoms with Crippen LogP contribution in [0.15, 0.2) is 47.9 Å². The number of amides is 1. The Labute approximate surface area is 179 Å². The van der Waals surface area contributed by atoms with Crippen molar-refractivity contribution in [2.24, 2.45) is 0 Å². The van der Waals surface area contributed by atoms with E-state index in [4.69, 9.17) is 21.6 Å². The molecule has 2 aromatic rings. The monoisotopic (exact) mass is 447 g/mol. The van der Waals surface area contributed by atoms with Crippen LogP contribution in [0.4, 0.5) is 5.69 Å². The molecule has 0 radical (unpaired) electrons. The number of carbonyl (C=O) groups is 2. The first-order valence-electron chi connectivity index (χ1n) is 8.58. The number of rotatable bonds is 8. The number of nitriles is 1. The predicted octanol–water partition coefficient (Wildman–Crippen LogP) is 2.59. The highest BCUT2D eigenvalue weighted by molar-refractivity contribution is 7.92. The standard InChI is InChI=1S/C20H18ClN3O5S/c1-14-2-4-15(5-3-14)8-9-30(27,28)23-12-20(26)29-13-19(25)24-17-7-6-16(11-22)18(21)10-17/h2-10,23H,12-13H2,1H3,(H,24,25)/b9-8+. The molecule has 2 aromatic carbocycles. The number of nitrogens with one attached hydrogen (secondary N) is 2. The first-order chi connectivity index (χ1) is 14.2. The van der Waals surface area contributed by atoms with Crippen molar-refractivity contribution in [1.82, 2.24) is 4.72 Å². The number of esters is 1. The molecule has 0 heterocycles. The summed E-state index contributed by atoms with van der Waals surface area (Å²) in [5, 5.41) is 12.4. The minimum Gasteiger partial charge on any atom is -0.455 e. The zero-order valence-corrected chi connectivity index (χ0v) is 17.5. The number of benzene rings is 2. The van der Waals surface area contributed by atoms with Gasteiger partial charge in [0.1, 0.15) is 12.6 Å². The Morgan fingerprint density at radius 3 is 2.53 bits per heavy atom. The molecule has 0 unspecified atom stereocenters. The van der Waals surface area contributed by atoms with Crippen LogP contribution < -0.4 is 10.0 Å². The van der Waals surface area contributed by atoms with Crippen molar-refractivity contribution in [2.75, 3.05) is 18.5 Å². The minimum absolute atomic E-state index is 0.167. The predicted molar refractivity (Wildman–Crippen MR) is 113 cm³/mol. The van der Waals surface area contributed by atoms with Crippen molar-refractivity contribution in [1.29, 1.82) is 5.26 Å². The van der Waals surface area contributed by atoms with Crippen LogP contribution in [0.5, 0.6) is 0 Å². The van der Waals surface area contributed by atoms with Crippen molar-refractivity contribution in [3.63, 3.8) is 0 Å². The first-order valence-corrected chi connectivity index (χ1v) is 10.5. The van der Waals surface area contributed by atoms with E-state index >= 15 is 0 Å². The van der Waals surface area contributed by atoms with Gasteiger partial charge in [-0.1, -0.05) is 41.4 Å². The molecule has 0 fully saturated rings. The van der Waals surface area contributed by atoms with E-state index in [1.807, 2.05) is 25.1 Å². The molecule has 2 N–H and O–H groups in total. The van der Waals surface area contributed by atoms with Gasteiger partial charge in [0.05, 0.1) is 10.6 Å². The lowest BCUT2D eigenvalue weighted by Gasteiger charge is -2.07. The Kier molecular flexibility index (Phi) is 8.12. The molecule has 0 aromatic heterocycles. The molecular formula is C20H18ClN3O5S. The molecular weight excluding hydrogens is 430 g/mol. The summed E-state index contributed by atoms with van der Waals surface area (Å²) in [5.41, 5.74) is 2.31. The van der Waals surface area contributed by atoms with Gasteiger partial charge < -0.3 is 10.1 Å². The van der Waals surface area contributed by atoms with Crippen molar-refractivity contribution in [2.45, 2.75) is 6.92 Å². The lowest BCUT2D eigenvalue weighted by Crippen LogP contribution is -2.31. The van der Waals surface area contributed by atoms with E-state index in [1.165, 1.54) is 24.3 Å². The van der Waals surface area contributed by atoms with Crippen LogP contribution in [-0.4, -0.2) is 33.4 Å². The highest BCUT2D eigenvalue weighted by atomic mass is 35.5. The molecule has 0 aliphatic carbocycles. The van der Waals surface area contributed by atoms with E-state index in [2.05, 4.69) is 10.0 Å². The average molecular weight is 448 g/mol. The highest BCUT2D eigenvalue weighted by Gasteiger charge is 2.12. The molecule has 2 rings (SSSR count). The van der Waals surface area contributed by atoms with Gasteiger partial charge in [-0.15, -0.1) is 0 Å². The number of anilines is 1. The van der Waals surface area contributed by atoms with E-state index in [9.17, 15) is 18.0 Å². The van der Waals surface area contributed by atoms with Crippen LogP contribution in [0.2, 0.25) is 5.02 Å². The van der Waals surface area contributed by atoms with Gasteiger partial charge in [0.15, 0.2) is 6.61 Å². The minimum atomic E-state index is -3.86. The maximum absolute atomic E-state index is 11.9. The topological polar surface area (TPSA) is 125 Å². The molecule has 0 saturated carbocycles. The van der Waals surface area contributed by atoms with Crippen molar-refractivity contribution in [3.05, 3.63) is 69.6 Å². The van der Waals surface area contributed by atoms with E-state index in [0.29, 0.717) is 11.3 Å². The summed E-state index contributed by atoms with van der Waals surface area (Å²) in [6.07, 6.45) is 1.39. The normalized spacial score (nSPS) is 11.1. The first kappa shape index (κ1) is 23.1. The Hall–Kier alpha value is -3.19. The number of hydrogen-bond donors (Lipinski definition) is 2. The van der Waals surface area contributed by atoms with Crippen LogP contribution >= 0.6 is 11.6 Å². The molecule has 156 valence electrons. The molecule has 0 atom stereocenters. The molecule has 30 heavy (non-hydrogen) atoms. The zero-order chi connectivity index (χ0) is 22.1. The van der Waals surface area contributed by atoms with Gasteiger partial charge in [-0.05, 0) is 36.8 Å². The van der Waals surface area contributed by atoms with E-state index < -0.39 is 35.1 Å². The summed E-state index contributed by atoms with van der Waals surface area (Å²) in [6, 6.07) is 13.4. The molecule has 0 bridgehead atoms. The van der Waals surface area contributed by atoms with E-state index in [1.54, 1.807) is 12.1 Å². The molecule has 8 nitrogen and oxygen atoms in total. The van der Waals surface area contributed by atoms with Gasteiger partial charge in [-0.3, -0.25) is 9.59 Å². The number of carbonyl (C=O) groups excluding carboxylic acids is 2. The third kappa shape index (κ3) is 7.67. The van der Waals surface area contributed by atoms with Gasteiger partial charge >= 0.3 is 5.97 Å². The van der Waals surface area contributed by atoms with Gasteiger partial charge in [0, 0.05) is 11.1 Å². The Bertz CT molecular complexity index is 1110. The summed E-state index contributed by atoms with van der Waals surface area (Å²) in [7, 11) is -3.86. The van der Waals surface area contributed by atoms with Gasteiger partial charge in [-0.25, -0.2) is 13.1 Å². The van der Waals surface area contributed by atoms with Crippen molar-refractivity contribution >= 4 is 45.3 Å². The van der Waals surface area contributed by atoms with Crippen LogP contribution in [0.3, 0.4) is 0 Å². The number of hydrogen-bond acceptors (Lipinski definition) is 6. The molecule has 10 heteroatoms. The van der Waals surface area contributed by atoms with Gasteiger partial charge in [0.2, 0.25) is 10.0 Å². The summed E-state index contributed by atoms with van der Waals surface area (Å²) in [4.78, 5) is 23.5. The maximum Gasteiger partial charge on any atom is 0.321 e. The second-order valence-electron chi connectivity index (χ2n) is 6.09. The largest absolute Gasteiger partial charge is 0.455 e. The smallest absolute Gasteiger partial charge is 0.321 e. The second kappa shape index (κ2) is 10.5. The van der Waals surface area contributed by atoms with E-state index in [-0.39, 0.29) is 10.6 Å². The third-order valence-electron chi connectivity index (χ3n) is 3.67. The molecule has 0 aliphatic heterocycles. The summed E-state index contributed by atoms with van der Waals surface area (Å²) < 4.78 is 30.6. The molecule has 1 amide bonds. The average Bonchev–Trinajstić information content (AvgIpc) is 2.70. The fraction of sp³-hybridized carbons (Fsp3) is 0.150. The molecule has 0 aliphatic rings. The lowest BCUT2D eigenvalue weighted by atomic mass is 10.2. The summed E-state index contributed by atoms with van der Waals surface area (Å²) in [5.74, 6) is -1.57. The number of sulfonamides is 1.